The molecule has 2 fully saturated rings. The van der Waals surface area contributed by atoms with Gasteiger partial charge in [-0.1, -0.05) is 0 Å². The van der Waals surface area contributed by atoms with E-state index in [1.165, 1.54) is 0 Å². The number of allylic oxidation sites excluding steroid dienone is 1. The molecular weight excluding hydrogens is 414 g/mol. The van der Waals surface area contributed by atoms with Gasteiger partial charge in [-0.3, -0.25) is 9.69 Å². The Labute approximate surface area is 187 Å². The fourth-order valence-corrected chi connectivity index (χ4v) is 5.27. The van der Waals surface area contributed by atoms with Gasteiger partial charge >= 0.3 is 5.97 Å². The van der Waals surface area contributed by atoms with E-state index in [0.29, 0.717) is 5.56 Å². The number of amides is 1. The van der Waals surface area contributed by atoms with Crippen molar-refractivity contribution in [3.63, 3.8) is 0 Å². The third-order valence-electron chi connectivity index (χ3n) is 5.99. The summed E-state index contributed by atoms with van der Waals surface area (Å²) in [6.45, 7) is 7.52. The van der Waals surface area contributed by atoms with Crippen molar-refractivity contribution in [1.82, 2.24) is 15.1 Å². The molecule has 0 spiro atoms. The van der Waals surface area contributed by atoms with E-state index in [2.05, 4.69) is 20.0 Å². The molecule has 2 N–H and O–H groups in total. The number of anilines is 1. The molecule has 1 aromatic rings. The van der Waals surface area contributed by atoms with Gasteiger partial charge < -0.3 is 20.2 Å². The first-order chi connectivity index (χ1) is 15.0. The second-order valence-electron chi connectivity index (χ2n) is 8.00. The minimum atomic E-state index is -0.894. The topological polar surface area (TPSA) is 88.5 Å². The largest absolute Gasteiger partial charge is 0.478 e. The van der Waals surface area contributed by atoms with Crippen LogP contribution in [0.15, 0.2) is 40.8 Å². The van der Waals surface area contributed by atoms with Gasteiger partial charge in [0.2, 0.25) is 5.91 Å². The average molecular weight is 444 g/mol. The van der Waals surface area contributed by atoms with Crippen LogP contribution in [0.5, 0.6) is 0 Å². The van der Waals surface area contributed by atoms with Crippen molar-refractivity contribution in [2.75, 3.05) is 55.7 Å². The third-order valence-corrected chi connectivity index (χ3v) is 7.01. The maximum atomic E-state index is 12.2. The predicted molar refractivity (Wildman–Crippen MR) is 124 cm³/mol. The number of piperazine rings is 1. The number of carbonyl (C=O) groups is 2. The molecule has 0 saturated carbocycles. The molecule has 8 nitrogen and oxygen atoms in total. The molecule has 1 amide bonds. The standard InChI is InChI=1S/C22H29N5O3S/c1-16-20(27-13-14-31-15-19(27)21(28)24-16)23-7-2-8-25-9-11-26(12-10-25)18-5-3-17(4-6-18)22(29)30/h3-7,19H,2,8-15H2,1H3,(H,24,28)(H,29,30)/b23-7-/t19-/m0/s1. The lowest BCUT2D eigenvalue weighted by molar-refractivity contribution is -0.125. The Morgan fingerprint density at radius 2 is 1.97 bits per heavy atom. The Morgan fingerprint density at radius 1 is 1.23 bits per heavy atom. The van der Waals surface area contributed by atoms with E-state index in [9.17, 15) is 9.59 Å². The zero-order valence-electron chi connectivity index (χ0n) is 17.8. The molecule has 2 saturated heterocycles. The summed E-state index contributed by atoms with van der Waals surface area (Å²) < 4.78 is 0. The first-order valence-electron chi connectivity index (χ1n) is 10.7. The van der Waals surface area contributed by atoms with E-state index in [0.717, 1.165) is 74.4 Å². The van der Waals surface area contributed by atoms with Gasteiger partial charge in [0.25, 0.3) is 0 Å². The second-order valence-corrected chi connectivity index (χ2v) is 9.15. The van der Waals surface area contributed by atoms with E-state index >= 15 is 0 Å². The van der Waals surface area contributed by atoms with Crippen molar-refractivity contribution in [1.29, 1.82) is 0 Å². The Bertz CT molecular complexity index is 878. The van der Waals surface area contributed by atoms with Crippen LogP contribution in [0.3, 0.4) is 0 Å². The summed E-state index contributed by atoms with van der Waals surface area (Å²) in [5, 5.41) is 12.0. The maximum absolute atomic E-state index is 12.2. The Kier molecular flexibility index (Phi) is 6.82. The van der Waals surface area contributed by atoms with Crippen molar-refractivity contribution in [2.24, 2.45) is 4.99 Å². The molecule has 4 rings (SSSR count). The summed E-state index contributed by atoms with van der Waals surface area (Å²) in [6, 6.07) is 6.99. The van der Waals surface area contributed by atoms with Gasteiger partial charge in [0.15, 0.2) is 0 Å². The lowest BCUT2D eigenvalue weighted by Crippen LogP contribution is -2.54. The number of fused-ring (bicyclic) bond motifs is 1. The predicted octanol–water partition coefficient (Wildman–Crippen LogP) is 1.70. The number of carboxylic acids is 1. The zero-order valence-corrected chi connectivity index (χ0v) is 18.6. The fraction of sp³-hybridized carbons (Fsp3) is 0.500. The minimum Gasteiger partial charge on any atom is -0.478 e. The first-order valence-corrected chi connectivity index (χ1v) is 11.9. The highest BCUT2D eigenvalue weighted by Crippen LogP contribution is 2.26. The molecule has 0 radical (unpaired) electrons. The first kappa shape index (κ1) is 21.7. The summed E-state index contributed by atoms with van der Waals surface area (Å²) in [4.78, 5) is 34.8. The number of aromatic carboxylic acids is 1. The van der Waals surface area contributed by atoms with Gasteiger partial charge in [-0.05, 0) is 37.6 Å². The molecular formula is C22H29N5O3S. The van der Waals surface area contributed by atoms with Gasteiger partial charge in [0, 0.05) is 62.7 Å². The summed E-state index contributed by atoms with van der Waals surface area (Å²) >= 11 is 1.82. The van der Waals surface area contributed by atoms with Crippen LogP contribution in [-0.4, -0.2) is 89.8 Å². The van der Waals surface area contributed by atoms with Crippen molar-refractivity contribution in [3.8, 4) is 0 Å². The summed E-state index contributed by atoms with van der Waals surface area (Å²) in [5.74, 6) is 1.94. The zero-order chi connectivity index (χ0) is 21.8. The van der Waals surface area contributed by atoms with Crippen LogP contribution in [0.25, 0.3) is 0 Å². The van der Waals surface area contributed by atoms with Crippen LogP contribution in [0.1, 0.15) is 23.7 Å². The molecule has 166 valence electrons. The average Bonchev–Trinajstić information content (AvgIpc) is 2.79. The van der Waals surface area contributed by atoms with Crippen molar-refractivity contribution < 1.29 is 14.7 Å². The molecule has 3 heterocycles. The molecule has 0 aliphatic carbocycles. The molecule has 31 heavy (non-hydrogen) atoms. The number of carboxylic acid groups (broad SMARTS) is 1. The number of hydrogen-bond acceptors (Lipinski definition) is 7. The second kappa shape index (κ2) is 9.74. The van der Waals surface area contributed by atoms with Crippen molar-refractivity contribution in [2.45, 2.75) is 19.4 Å². The number of rotatable bonds is 6. The highest BCUT2D eigenvalue weighted by molar-refractivity contribution is 7.99. The maximum Gasteiger partial charge on any atom is 0.335 e. The minimum absolute atomic E-state index is 0.0825. The number of carbonyl (C=O) groups excluding carboxylic acids is 1. The number of aliphatic imine (C=N–C) groups is 1. The fourth-order valence-electron chi connectivity index (χ4n) is 4.22. The summed E-state index contributed by atoms with van der Waals surface area (Å²) in [7, 11) is 0. The van der Waals surface area contributed by atoms with Crippen molar-refractivity contribution in [3.05, 3.63) is 41.3 Å². The van der Waals surface area contributed by atoms with E-state index in [-0.39, 0.29) is 11.9 Å². The quantitative estimate of drug-likeness (QED) is 0.647. The molecule has 0 unspecified atom stereocenters. The van der Waals surface area contributed by atoms with E-state index < -0.39 is 5.97 Å². The molecule has 9 heteroatoms. The molecule has 0 aromatic heterocycles. The highest BCUT2D eigenvalue weighted by atomic mass is 32.2. The van der Waals surface area contributed by atoms with Gasteiger partial charge in [-0.25, -0.2) is 9.79 Å². The Balaban J connectivity index is 1.25. The van der Waals surface area contributed by atoms with Crippen molar-refractivity contribution >= 4 is 35.5 Å². The molecule has 1 aromatic carbocycles. The number of nitrogens with one attached hydrogen (secondary N) is 1. The Hall–Kier alpha value is -2.52. The number of nitrogens with zero attached hydrogens (tertiary/aromatic N) is 4. The van der Waals surface area contributed by atoms with Crippen LogP contribution in [0.4, 0.5) is 5.69 Å². The van der Waals surface area contributed by atoms with Crippen LogP contribution < -0.4 is 10.2 Å². The third kappa shape index (κ3) is 5.04. The lowest BCUT2D eigenvalue weighted by Gasteiger charge is -2.40. The van der Waals surface area contributed by atoms with Gasteiger partial charge in [0.05, 0.1) is 11.3 Å². The summed E-state index contributed by atoms with van der Waals surface area (Å²) in [6.07, 6.45) is 2.84. The Morgan fingerprint density at radius 3 is 2.68 bits per heavy atom. The normalized spacial score (nSPS) is 22.6. The molecule has 3 aliphatic rings. The number of hydrogen-bond donors (Lipinski definition) is 2. The monoisotopic (exact) mass is 443 g/mol. The van der Waals surface area contributed by atoms with E-state index in [1.807, 2.05) is 37.0 Å². The molecule has 1 atom stereocenters. The smallest absolute Gasteiger partial charge is 0.335 e. The molecule has 0 bridgehead atoms. The summed E-state index contributed by atoms with van der Waals surface area (Å²) in [5.41, 5.74) is 2.23. The van der Waals surface area contributed by atoms with Gasteiger partial charge in [-0.2, -0.15) is 11.8 Å². The SMILES string of the molecule is CC1=C(/N=C\CCN2CCN(c3ccc(C(=O)O)cc3)CC2)N2CCSC[C@H]2C(=O)N1. The molecule has 3 aliphatic heterocycles. The number of benzene rings is 1. The van der Waals surface area contributed by atoms with Gasteiger partial charge in [0.1, 0.15) is 11.9 Å². The van der Waals surface area contributed by atoms with Crippen LogP contribution >= 0.6 is 11.8 Å². The van der Waals surface area contributed by atoms with Crippen LogP contribution in [-0.2, 0) is 4.79 Å². The van der Waals surface area contributed by atoms with Gasteiger partial charge in [-0.15, -0.1) is 0 Å². The van der Waals surface area contributed by atoms with Crippen LogP contribution in [0, 0.1) is 0 Å². The number of thioether (sulfide) groups is 1. The van der Waals surface area contributed by atoms with E-state index in [4.69, 9.17) is 10.1 Å². The highest BCUT2D eigenvalue weighted by Gasteiger charge is 2.35. The lowest BCUT2D eigenvalue weighted by atomic mass is 10.2. The van der Waals surface area contributed by atoms with Crippen LogP contribution in [0.2, 0.25) is 0 Å². The van der Waals surface area contributed by atoms with E-state index in [1.54, 1.807) is 12.1 Å².